The Balaban J connectivity index is 1.23. The van der Waals surface area contributed by atoms with Gasteiger partial charge in [-0.15, -0.1) is 0 Å². The quantitative estimate of drug-likeness (QED) is 0.422. The fraction of sp³-hybridized carbons (Fsp3) is 0.300. The minimum Gasteiger partial charge on any atom is -0.493 e. The van der Waals surface area contributed by atoms with Gasteiger partial charge in [0.1, 0.15) is 6.61 Å². The molecule has 0 aromatic heterocycles. The highest BCUT2D eigenvalue weighted by molar-refractivity contribution is 5.80. The van der Waals surface area contributed by atoms with Crippen molar-refractivity contribution in [3.8, 4) is 16.9 Å². The van der Waals surface area contributed by atoms with Crippen molar-refractivity contribution in [1.29, 1.82) is 0 Å². The van der Waals surface area contributed by atoms with Gasteiger partial charge in [0.05, 0.1) is 13.2 Å². The third-order valence-electron chi connectivity index (χ3n) is 7.70. The molecule has 0 radical (unpaired) electrons. The Kier molecular flexibility index (Phi) is 5.56. The summed E-state index contributed by atoms with van der Waals surface area (Å²) < 4.78 is 25.7. The predicted molar refractivity (Wildman–Crippen MR) is 134 cm³/mol. The van der Waals surface area contributed by atoms with Gasteiger partial charge in [0.2, 0.25) is 0 Å². The molecule has 1 aliphatic carbocycles. The van der Waals surface area contributed by atoms with Crippen LogP contribution in [0.15, 0.2) is 72.8 Å². The topological polar surface area (TPSA) is 38.8 Å². The number of para-hydroxylation sites is 1. The van der Waals surface area contributed by atoms with E-state index in [9.17, 15) is 9.18 Å². The first-order chi connectivity index (χ1) is 17.2. The standard InChI is InChI=1S/C30H28FNO3/c1-34-29-22(14-7-15-28(29)31)19-16-20-8-6-9-21(17-19)32(20)30(33)35-18-27-25-12-4-2-10-23(25)24-11-3-5-13-26(24)27/h2-5,7,10-16,20-21,27H,6,8-9,17-18H2,1H3. The molecule has 0 N–H and O–H groups in total. The van der Waals surface area contributed by atoms with E-state index in [0.717, 1.165) is 30.4 Å². The molecule has 3 aromatic carbocycles. The molecule has 2 aliphatic heterocycles. The zero-order chi connectivity index (χ0) is 23.9. The van der Waals surface area contributed by atoms with Crippen LogP contribution in [-0.4, -0.2) is 36.8 Å². The summed E-state index contributed by atoms with van der Waals surface area (Å²) in [5.41, 5.74) is 6.67. The van der Waals surface area contributed by atoms with Gasteiger partial charge in [0.25, 0.3) is 0 Å². The van der Waals surface area contributed by atoms with E-state index in [1.165, 1.54) is 35.4 Å². The van der Waals surface area contributed by atoms with Crippen LogP contribution in [0.1, 0.15) is 48.3 Å². The molecule has 3 aromatic rings. The molecular weight excluding hydrogens is 441 g/mol. The van der Waals surface area contributed by atoms with Gasteiger partial charge in [-0.05, 0) is 59.6 Å². The van der Waals surface area contributed by atoms with E-state index in [2.05, 4.69) is 42.5 Å². The second-order valence-corrected chi connectivity index (χ2v) is 9.58. The molecule has 2 bridgehead atoms. The largest absolute Gasteiger partial charge is 0.493 e. The van der Waals surface area contributed by atoms with Crippen molar-refractivity contribution >= 4 is 11.7 Å². The number of carbonyl (C=O) groups is 1. The number of nitrogens with zero attached hydrogens (tertiary/aromatic N) is 1. The fourth-order valence-corrected chi connectivity index (χ4v) is 6.15. The zero-order valence-electron chi connectivity index (χ0n) is 19.7. The number of rotatable bonds is 4. The third-order valence-corrected chi connectivity index (χ3v) is 7.70. The van der Waals surface area contributed by atoms with E-state index >= 15 is 0 Å². The van der Waals surface area contributed by atoms with E-state index < -0.39 is 0 Å². The lowest BCUT2D eigenvalue weighted by molar-refractivity contribution is 0.0538. The number of methoxy groups -OCH3 is 1. The average Bonchev–Trinajstić information content (AvgIpc) is 3.20. The first-order valence-corrected chi connectivity index (χ1v) is 12.3. The van der Waals surface area contributed by atoms with Crippen LogP contribution in [-0.2, 0) is 4.74 Å². The molecular formula is C30H28FNO3. The van der Waals surface area contributed by atoms with E-state index in [1.54, 1.807) is 6.07 Å². The number of benzene rings is 3. The molecule has 3 aliphatic rings. The summed E-state index contributed by atoms with van der Waals surface area (Å²) in [4.78, 5) is 15.3. The maximum atomic E-state index is 14.3. The second kappa shape index (κ2) is 8.88. The molecule has 0 spiro atoms. The summed E-state index contributed by atoms with van der Waals surface area (Å²) >= 11 is 0. The van der Waals surface area contributed by atoms with Crippen LogP contribution < -0.4 is 4.74 Å². The van der Waals surface area contributed by atoms with Crippen molar-refractivity contribution in [2.45, 2.75) is 43.7 Å². The molecule has 1 fully saturated rings. The number of fused-ring (bicyclic) bond motifs is 5. The number of ether oxygens (including phenoxy) is 2. The molecule has 2 unspecified atom stereocenters. The van der Waals surface area contributed by atoms with Gasteiger partial charge in [0, 0.05) is 17.5 Å². The van der Waals surface area contributed by atoms with Gasteiger partial charge in [-0.3, -0.25) is 4.90 Å². The maximum absolute atomic E-state index is 14.3. The number of piperidine rings is 1. The Morgan fingerprint density at radius 3 is 2.31 bits per heavy atom. The molecule has 2 heterocycles. The molecule has 4 nitrogen and oxygen atoms in total. The molecule has 35 heavy (non-hydrogen) atoms. The highest BCUT2D eigenvalue weighted by Gasteiger charge is 2.39. The van der Waals surface area contributed by atoms with Gasteiger partial charge in [-0.2, -0.15) is 0 Å². The van der Waals surface area contributed by atoms with E-state index in [0.29, 0.717) is 13.0 Å². The van der Waals surface area contributed by atoms with Crippen molar-refractivity contribution in [2.24, 2.45) is 0 Å². The number of carbonyl (C=O) groups excluding carboxylic acids is 1. The lowest BCUT2D eigenvalue weighted by Crippen LogP contribution is -2.51. The van der Waals surface area contributed by atoms with Gasteiger partial charge < -0.3 is 9.47 Å². The summed E-state index contributed by atoms with van der Waals surface area (Å²) in [5.74, 6) is -0.0555. The molecule has 5 heteroatoms. The van der Waals surface area contributed by atoms with Crippen LogP contribution in [0.3, 0.4) is 0 Å². The smallest absolute Gasteiger partial charge is 0.410 e. The number of amides is 1. The number of hydrogen-bond donors (Lipinski definition) is 0. The summed E-state index contributed by atoms with van der Waals surface area (Å²) in [6, 6.07) is 21.7. The summed E-state index contributed by atoms with van der Waals surface area (Å²) in [6.45, 7) is 0.317. The second-order valence-electron chi connectivity index (χ2n) is 9.58. The summed E-state index contributed by atoms with van der Waals surface area (Å²) in [7, 11) is 1.50. The first-order valence-electron chi connectivity index (χ1n) is 12.3. The van der Waals surface area contributed by atoms with Crippen molar-refractivity contribution in [2.75, 3.05) is 13.7 Å². The third kappa shape index (κ3) is 3.70. The summed E-state index contributed by atoms with van der Waals surface area (Å²) in [5, 5.41) is 0. The Bertz CT molecular complexity index is 1270. The molecule has 1 saturated heterocycles. The van der Waals surface area contributed by atoms with Crippen LogP contribution in [0.2, 0.25) is 0 Å². The van der Waals surface area contributed by atoms with E-state index in [1.807, 2.05) is 23.1 Å². The fourth-order valence-electron chi connectivity index (χ4n) is 6.15. The minimum absolute atomic E-state index is 0.0392. The Labute approximate surface area is 205 Å². The highest BCUT2D eigenvalue weighted by Crippen LogP contribution is 2.45. The van der Waals surface area contributed by atoms with Crippen LogP contribution >= 0.6 is 0 Å². The minimum atomic E-state index is -0.366. The molecule has 0 saturated carbocycles. The Hall–Kier alpha value is -3.60. The zero-order valence-corrected chi connectivity index (χ0v) is 19.7. The van der Waals surface area contributed by atoms with Gasteiger partial charge in [0.15, 0.2) is 11.6 Å². The predicted octanol–water partition coefficient (Wildman–Crippen LogP) is 6.79. The molecule has 178 valence electrons. The van der Waals surface area contributed by atoms with E-state index in [4.69, 9.17) is 9.47 Å². The number of halogens is 1. The molecule has 1 amide bonds. The van der Waals surface area contributed by atoms with E-state index in [-0.39, 0.29) is 35.7 Å². The lowest BCUT2D eigenvalue weighted by atomic mass is 9.83. The first kappa shape index (κ1) is 21.9. The number of hydrogen-bond acceptors (Lipinski definition) is 3. The lowest BCUT2D eigenvalue weighted by Gasteiger charge is -2.44. The van der Waals surface area contributed by atoms with Crippen molar-refractivity contribution in [1.82, 2.24) is 4.90 Å². The van der Waals surface area contributed by atoms with Crippen molar-refractivity contribution < 1.29 is 18.7 Å². The van der Waals surface area contributed by atoms with Crippen molar-refractivity contribution in [3.63, 3.8) is 0 Å². The summed E-state index contributed by atoms with van der Waals surface area (Å²) in [6.07, 6.45) is 5.36. The monoisotopic (exact) mass is 469 g/mol. The van der Waals surface area contributed by atoms with Gasteiger partial charge >= 0.3 is 6.09 Å². The van der Waals surface area contributed by atoms with Crippen LogP contribution in [0.5, 0.6) is 5.75 Å². The Morgan fingerprint density at radius 2 is 1.63 bits per heavy atom. The van der Waals surface area contributed by atoms with Crippen LogP contribution in [0.25, 0.3) is 16.7 Å². The highest BCUT2D eigenvalue weighted by atomic mass is 19.1. The van der Waals surface area contributed by atoms with Gasteiger partial charge in [-0.1, -0.05) is 66.7 Å². The Morgan fingerprint density at radius 1 is 0.943 bits per heavy atom. The maximum Gasteiger partial charge on any atom is 0.410 e. The molecule has 6 rings (SSSR count). The van der Waals surface area contributed by atoms with Gasteiger partial charge in [-0.25, -0.2) is 9.18 Å². The molecule has 2 atom stereocenters. The SMILES string of the molecule is COc1c(F)cccc1C1=CC2CCCC(C1)N2C(=O)OCC1c2ccccc2-c2ccccc21. The van der Waals surface area contributed by atoms with Crippen LogP contribution in [0.4, 0.5) is 9.18 Å². The normalized spacial score (nSPS) is 20.6. The van der Waals surface area contributed by atoms with Crippen molar-refractivity contribution in [3.05, 3.63) is 95.3 Å². The van der Waals surface area contributed by atoms with Crippen LogP contribution in [0, 0.1) is 5.82 Å². The average molecular weight is 470 g/mol.